The molecule has 0 bridgehead atoms. The van der Waals surface area contributed by atoms with Gasteiger partial charge in [0.05, 0.1) is 19.1 Å². The van der Waals surface area contributed by atoms with E-state index in [9.17, 15) is 9.59 Å². The fourth-order valence-electron chi connectivity index (χ4n) is 3.13. The molecule has 2 rings (SSSR count). The molecule has 1 aromatic rings. The quantitative estimate of drug-likeness (QED) is 0.746. The number of likely N-dealkylation sites (tertiary alicyclic amines) is 1. The smallest absolute Gasteiger partial charge is 0.226 e. The molecule has 24 heavy (non-hydrogen) atoms. The molecular formula is C19H26N2O3. The van der Waals surface area contributed by atoms with Crippen LogP contribution >= 0.6 is 0 Å². The Labute approximate surface area is 143 Å². The normalized spacial score (nSPS) is 20.1. The van der Waals surface area contributed by atoms with Crippen molar-refractivity contribution in [1.29, 1.82) is 0 Å². The molecule has 0 unspecified atom stereocenters. The van der Waals surface area contributed by atoms with E-state index in [-0.39, 0.29) is 30.2 Å². The molecule has 1 fully saturated rings. The van der Waals surface area contributed by atoms with E-state index in [0.29, 0.717) is 13.1 Å². The highest BCUT2D eigenvalue weighted by Crippen LogP contribution is 2.39. The second-order valence-corrected chi connectivity index (χ2v) is 6.00. The van der Waals surface area contributed by atoms with E-state index in [0.717, 1.165) is 24.2 Å². The van der Waals surface area contributed by atoms with Crippen molar-refractivity contribution in [2.24, 2.45) is 5.92 Å². The van der Waals surface area contributed by atoms with Crippen LogP contribution in [0, 0.1) is 5.92 Å². The van der Waals surface area contributed by atoms with Gasteiger partial charge in [-0.05, 0) is 24.1 Å². The van der Waals surface area contributed by atoms with Crippen LogP contribution in [0.3, 0.4) is 0 Å². The Morgan fingerprint density at radius 3 is 2.71 bits per heavy atom. The zero-order valence-corrected chi connectivity index (χ0v) is 14.5. The van der Waals surface area contributed by atoms with E-state index in [1.807, 2.05) is 29.2 Å². The summed E-state index contributed by atoms with van der Waals surface area (Å²) in [4.78, 5) is 26.8. The minimum Gasteiger partial charge on any atom is -0.497 e. The summed E-state index contributed by atoms with van der Waals surface area (Å²) in [6, 6.07) is 7.40. The first-order valence-electron chi connectivity index (χ1n) is 8.44. The highest BCUT2D eigenvalue weighted by Gasteiger charge is 2.43. The van der Waals surface area contributed by atoms with Crippen LogP contribution in [0.1, 0.15) is 37.8 Å². The number of ether oxygens (including phenoxy) is 1. The third-order valence-corrected chi connectivity index (χ3v) is 4.40. The topological polar surface area (TPSA) is 58.6 Å². The van der Waals surface area contributed by atoms with Crippen LogP contribution in [0.5, 0.6) is 5.75 Å². The molecule has 1 heterocycles. The lowest BCUT2D eigenvalue weighted by molar-refractivity contribution is -0.129. The molecule has 5 heteroatoms. The zero-order valence-electron chi connectivity index (χ0n) is 14.5. The summed E-state index contributed by atoms with van der Waals surface area (Å²) in [6.07, 6.45) is 3.83. The molecule has 0 aliphatic carbocycles. The number of hydrogen-bond acceptors (Lipinski definition) is 3. The van der Waals surface area contributed by atoms with Gasteiger partial charge in [0.25, 0.3) is 0 Å². The summed E-state index contributed by atoms with van der Waals surface area (Å²) < 4.78 is 5.20. The van der Waals surface area contributed by atoms with Gasteiger partial charge < -0.3 is 15.0 Å². The number of carbonyl (C=O) groups is 2. The average Bonchev–Trinajstić information content (AvgIpc) is 2.94. The molecule has 5 nitrogen and oxygen atoms in total. The Morgan fingerprint density at radius 2 is 2.12 bits per heavy atom. The van der Waals surface area contributed by atoms with Crippen molar-refractivity contribution >= 4 is 11.8 Å². The van der Waals surface area contributed by atoms with E-state index in [4.69, 9.17) is 4.74 Å². The summed E-state index contributed by atoms with van der Waals surface area (Å²) in [6.45, 7) is 6.80. The average molecular weight is 330 g/mol. The van der Waals surface area contributed by atoms with Gasteiger partial charge in [-0.1, -0.05) is 31.6 Å². The molecule has 1 aromatic carbocycles. The summed E-state index contributed by atoms with van der Waals surface area (Å²) in [5.41, 5.74) is 0.969. The number of nitrogens with zero attached hydrogens (tertiary/aromatic N) is 1. The molecule has 2 amide bonds. The van der Waals surface area contributed by atoms with Gasteiger partial charge in [-0.25, -0.2) is 0 Å². The van der Waals surface area contributed by atoms with Crippen LogP contribution in [0.4, 0.5) is 0 Å². The van der Waals surface area contributed by atoms with Crippen molar-refractivity contribution in [3.63, 3.8) is 0 Å². The van der Waals surface area contributed by atoms with Crippen molar-refractivity contribution in [2.45, 2.75) is 32.2 Å². The highest BCUT2D eigenvalue weighted by molar-refractivity contribution is 5.90. The second-order valence-electron chi connectivity index (χ2n) is 6.00. The second kappa shape index (κ2) is 8.52. The Kier molecular flexibility index (Phi) is 6.41. The Bertz CT molecular complexity index is 583. The van der Waals surface area contributed by atoms with E-state index >= 15 is 0 Å². The van der Waals surface area contributed by atoms with Gasteiger partial charge in [0, 0.05) is 19.5 Å². The first-order valence-corrected chi connectivity index (χ1v) is 8.44. The van der Waals surface area contributed by atoms with Crippen LogP contribution in [0.2, 0.25) is 0 Å². The third kappa shape index (κ3) is 3.96. The lowest BCUT2D eigenvalue weighted by Crippen LogP contribution is -2.36. The van der Waals surface area contributed by atoms with Gasteiger partial charge in [-0.2, -0.15) is 0 Å². The Morgan fingerprint density at radius 1 is 1.42 bits per heavy atom. The molecule has 2 atom stereocenters. The maximum Gasteiger partial charge on any atom is 0.226 e. The number of methoxy groups -OCH3 is 1. The molecule has 1 aliphatic rings. The summed E-state index contributed by atoms with van der Waals surface area (Å²) >= 11 is 0. The van der Waals surface area contributed by atoms with Gasteiger partial charge in [0.1, 0.15) is 5.75 Å². The van der Waals surface area contributed by atoms with Gasteiger partial charge in [-0.15, -0.1) is 6.58 Å². The number of carbonyl (C=O) groups excluding carboxylic acids is 2. The van der Waals surface area contributed by atoms with E-state index in [2.05, 4.69) is 18.8 Å². The first kappa shape index (κ1) is 18.0. The minimum atomic E-state index is -0.372. The van der Waals surface area contributed by atoms with Crippen LogP contribution in [-0.4, -0.2) is 36.9 Å². The Hall–Kier alpha value is -2.30. The third-order valence-electron chi connectivity index (χ3n) is 4.40. The molecule has 130 valence electrons. The first-order chi connectivity index (χ1) is 11.6. The van der Waals surface area contributed by atoms with Gasteiger partial charge in [0.2, 0.25) is 11.8 Å². The van der Waals surface area contributed by atoms with E-state index in [1.165, 1.54) is 0 Å². The molecule has 0 saturated carbocycles. The van der Waals surface area contributed by atoms with Crippen LogP contribution in [0.15, 0.2) is 36.9 Å². The molecule has 0 radical (unpaired) electrons. The highest BCUT2D eigenvalue weighted by atomic mass is 16.5. The molecule has 1 N–H and O–H groups in total. The van der Waals surface area contributed by atoms with Crippen molar-refractivity contribution in [3.8, 4) is 5.75 Å². The zero-order chi connectivity index (χ0) is 17.5. The predicted molar refractivity (Wildman–Crippen MR) is 93.7 cm³/mol. The van der Waals surface area contributed by atoms with Crippen LogP contribution in [0.25, 0.3) is 0 Å². The fourth-order valence-corrected chi connectivity index (χ4v) is 3.13. The lowest BCUT2D eigenvalue weighted by Gasteiger charge is -2.28. The van der Waals surface area contributed by atoms with Gasteiger partial charge in [0.15, 0.2) is 0 Å². The molecular weight excluding hydrogens is 304 g/mol. The molecule has 0 spiro atoms. The lowest BCUT2D eigenvalue weighted by atomic mass is 9.92. The maximum absolute atomic E-state index is 12.5. The van der Waals surface area contributed by atoms with Crippen molar-refractivity contribution in [1.82, 2.24) is 10.2 Å². The number of hydrogen-bond donors (Lipinski definition) is 1. The maximum atomic E-state index is 12.5. The van der Waals surface area contributed by atoms with Crippen molar-refractivity contribution in [3.05, 3.63) is 42.5 Å². The fraction of sp³-hybridized carbons (Fsp3) is 0.474. The SMILES string of the molecule is C=CCNC(=O)[C@@H]1CC(=O)N(CCCC)[C@@H]1c1ccc(OC)cc1. The molecule has 1 aliphatic heterocycles. The van der Waals surface area contributed by atoms with Crippen LogP contribution < -0.4 is 10.1 Å². The van der Waals surface area contributed by atoms with Crippen LogP contribution in [-0.2, 0) is 9.59 Å². The largest absolute Gasteiger partial charge is 0.497 e. The number of rotatable bonds is 8. The predicted octanol–water partition coefficient (Wildman–Crippen LogP) is 2.69. The van der Waals surface area contributed by atoms with Crippen molar-refractivity contribution in [2.75, 3.05) is 20.2 Å². The Balaban J connectivity index is 2.29. The van der Waals surface area contributed by atoms with Gasteiger partial charge in [-0.3, -0.25) is 9.59 Å². The summed E-state index contributed by atoms with van der Waals surface area (Å²) in [7, 11) is 1.62. The molecule has 0 aromatic heterocycles. The summed E-state index contributed by atoms with van der Waals surface area (Å²) in [5.74, 6) is 0.338. The molecule has 1 saturated heterocycles. The number of benzene rings is 1. The number of amides is 2. The van der Waals surface area contributed by atoms with Gasteiger partial charge >= 0.3 is 0 Å². The minimum absolute atomic E-state index is 0.0445. The van der Waals surface area contributed by atoms with E-state index in [1.54, 1.807) is 13.2 Å². The summed E-state index contributed by atoms with van der Waals surface area (Å²) in [5, 5.41) is 2.83. The number of unbranched alkanes of at least 4 members (excludes halogenated alkanes) is 1. The number of nitrogens with one attached hydrogen (secondary N) is 1. The monoisotopic (exact) mass is 330 g/mol. The van der Waals surface area contributed by atoms with E-state index < -0.39 is 0 Å². The standard InChI is InChI=1S/C19H26N2O3/c1-4-6-12-21-17(22)13-16(19(23)20-11-5-2)18(21)14-7-9-15(24-3)10-8-14/h5,7-10,16,18H,2,4,6,11-13H2,1,3H3,(H,20,23)/t16-,18-/m1/s1. The van der Waals surface area contributed by atoms with Crippen molar-refractivity contribution < 1.29 is 14.3 Å².